The first-order chi connectivity index (χ1) is 17.8. The quantitative estimate of drug-likeness (QED) is 0.374. The van der Waals surface area contributed by atoms with Gasteiger partial charge in [0, 0.05) is 49.7 Å². The zero-order valence-electron chi connectivity index (χ0n) is 22.2. The van der Waals surface area contributed by atoms with Crippen LogP contribution in [-0.4, -0.2) is 62.0 Å². The molecular weight excluding hydrogens is 462 g/mol. The Labute approximate surface area is 218 Å². The average Bonchev–Trinajstić information content (AvgIpc) is 3.52. The van der Waals surface area contributed by atoms with Crippen molar-refractivity contribution in [3.63, 3.8) is 0 Å². The second kappa shape index (κ2) is 9.41. The van der Waals surface area contributed by atoms with Gasteiger partial charge in [-0.15, -0.1) is 0 Å². The molecule has 0 radical (unpaired) electrons. The van der Waals surface area contributed by atoms with Crippen molar-refractivity contribution in [1.82, 2.24) is 29.8 Å². The number of piperazine rings is 1. The van der Waals surface area contributed by atoms with Gasteiger partial charge in [0.25, 0.3) is 5.89 Å². The number of benzene rings is 1. The Morgan fingerprint density at radius 1 is 0.973 bits per heavy atom. The standard InChI is InChI=1S/C29H35N7O/c1-20-17-25(28-31-27(33-37-28)22-5-7-23(8-6-22)29(2,3)4)32-36(20)19-21-11-12-30-26(18-21)35-15-13-34(14-16-35)24-9-10-24/h5-8,11-12,17-18,24H,9-10,13-16,19H2,1-4H3. The van der Waals surface area contributed by atoms with Gasteiger partial charge in [-0.25, -0.2) is 4.98 Å². The molecule has 1 aliphatic carbocycles. The minimum Gasteiger partial charge on any atom is -0.354 e. The van der Waals surface area contributed by atoms with Gasteiger partial charge < -0.3 is 9.42 Å². The van der Waals surface area contributed by atoms with Crippen LogP contribution in [0.2, 0.25) is 0 Å². The van der Waals surface area contributed by atoms with E-state index in [9.17, 15) is 0 Å². The number of rotatable bonds is 6. The van der Waals surface area contributed by atoms with E-state index >= 15 is 0 Å². The summed E-state index contributed by atoms with van der Waals surface area (Å²) in [4.78, 5) is 14.3. The first-order valence-electron chi connectivity index (χ1n) is 13.3. The molecule has 3 aromatic heterocycles. The molecule has 0 atom stereocenters. The maximum absolute atomic E-state index is 5.59. The molecule has 1 aromatic carbocycles. The second-order valence-corrected chi connectivity index (χ2v) is 11.4. The summed E-state index contributed by atoms with van der Waals surface area (Å²) in [6, 6.07) is 15.4. The highest BCUT2D eigenvalue weighted by molar-refractivity contribution is 5.58. The largest absolute Gasteiger partial charge is 0.354 e. The van der Waals surface area contributed by atoms with Gasteiger partial charge in [-0.1, -0.05) is 50.2 Å². The Morgan fingerprint density at radius 3 is 2.43 bits per heavy atom. The van der Waals surface area contributed by atoms with Crippen LogP contribution in [-0.2, 0) is 12.0 Å². The van der Waals surface area contributed by atoms with E-state index < -0.39 is 0 Å². The number of hydrogen-bond donors (Lipinski definition) is 0. The maximum atomic E-state index is 5.59. The van der Waals surface area contributed by atoms with Crippen molar-refractivity contribution in [3.05, 3.63) is 65.5 Å². The average molecular weight is 498 g/mol. The fraction of sp³-hybridized carbons (Fsp3) is 0.448. The Balaban J connectivity index is 1.15. The molecule has 1 saturated carbocycles. The van der Waals surface area contributed by atoms with Crippen molar-refractivity contribution in [3.8, 4) is 23.0 Å². The fourth-order valence-corrected chi connectivity index (χ4v) is 5.00. The van der Waals surface area contributed by atoms with Crippen molar-refractivity contribution in [2.75, 3.05) is 31.1 Å². The van der Waals surface area contributed by atoms with Gasteiger partial charge in [0.05, 0.1) is 6.54 Å². The molecule has 0 unspecified atom stereocenters. The Kier molecular flexibility index (Phi) is 6.07. The van der Waals surface area contributed by atoms with Gasteiger partial charge in [0.15, 0.2) is 5.69 Å². The lowest BCUT2D eigenvalue weighted by Crippen LogP contribution is -2.47. The lowest BCUT2D eigenvalue weighted by molar-refractivity contribution is 0.247. The van der Waals surface area contributed by atoms with Crippen LogP contribution in [0.3, 0.4) is 0 Å². The van der Waals surface area contributed by atoms with Crippen LogP contribution in [0.4, 0.5) is 5.82 Å². The Hall–Kier alpha value is -3.52. The summed E-state index contributed by atoms with van der Waals surface area (Å²) in [5.41, 5.74) is 5.22. The van der Waals surface area contributed by atoms with Gasteiger partial charge >= 0.3 is 0 Å². The summed E-state index contributed by atoms with van der Waals surface area (Å²) >= 11 is 0. The SMILES string of the molecule is Cc1cc(-c2nc(-c3ccc(C(C)(C)C)cc3)no2)nn1Cc1ccnc(N2CCN(C3CC3)CC2)c1. The number of aryl methyl sites for hydroxylation is 1. The minimum absolute atomic E-state index is 0.103. The smallest absolute Gasteiger partial charge is 0.278 e. The van der Waals surface area contributed by atoms with E-state index in [0.717, 1.165) is 49.3 Å². The molecule has 1 aliphatic heterocycles. The first-order valence-corrected chi connectivity index (χ1v) is 13.3. The molecule has 0 bridgehead atoms. The Morgan fingerprint density at radius 2 is 1.73 bits per heavy atom. The molecule has 1 saturated heterocycles. The van der Waals surface area contributed by atoms with Crippen LogP contribution in [0.5, 0.6) is 0 Å². The number of hydrogen-bond acceptors (Lipinski definition) is 7. The zero-order chi connectivity index (χ0) is 25.6. The van der Waals surface area contributed by atoms with Crippen molar-refractivity contribution in [2.45, 2.75) is 58.5 Å². The van der Waals surface area contributed by atoms with Gasteiger partial charge in [-0.05, 0) is 54.5 Å². The predicted molar refractivity (Wildman–Crippen MR) is 145 cm³/mol. The monoisotopic (exact) mass is 497 g/mol. The van der Waals surface area contributed by atoms with Gasteiger partial charge in [0.1, 0.15) is 5.82 Å². The van der Waals surface area contributed by atoms with E-state index in [2.05, 4.69) is 76.9 Å². The van der Waals surface area contributed by atoms with Gasteiger partial charge in [-0.3, -0.25) is 9.58 Å². The molecule has 2 aliphatic rings. The van der Waals surface area contributed by atoms with E-state index in [4.69, 9.17) is 9.62 Å². The summed E-state index contributed by atoms with van der Waals surface area (Å²) in [5.74, 6) is 2.06. The van der Waals surface area contributed by atoms with Crippen molar-refractivity contribution in [2.24, 2.45) is 0 Å². The van der Waals surface area contributed by atoms with Gasteiger partial charge in [-0.2, -0.15) is 10.1 Å². The van der Waals surface area contributed by atoms with Crippen molar-refractivity contribution in [1.29, 1.82) is 0 Å². The van der Waals surface area contributed by atoms with Crippen LogP contribution < -0.4 is 4.90 Å². The van der Waals surface area contributed by atoms with Crippen molar-refractivity contribution < 1.29 is 4.52 Å². The van der Waals surface area contributed by atoms with Crippen LogP contribution >= 0.6 is 0 Å². The number of aromatic nitrogens is 5. The summed E-state index contributed by atoms with van der Waals surface area (Å²) in [5, 5.41) is 9.00. The molecule has 8 nitrogen and oxygen atoms in total. The van der Waals surface area contributed by atoms with E-state index in [1.54, 1.807) is 0 Å². The molecule has 6 rings (SSSR count). The van der Waals surface area contributed by atoms with Crippen LogP contribution in [0.25, 0.3) is 23.0 Å². The Bertz CT molecular complexity index is 1370. The topological polar surface area (TPSA) is 76.1 Å². The molecular formula is C29H35N7O. The van der Waals surface area contributed by atoms with Crippen molar-refractivity contribution >= 4 is 5.82 Å². The lowest BCUT2D eigenvalue weighted by atomic mass is 9.87. The maximum Gasteiger partial charge on any atom is 0.278 e. The molecule has 37 heavy (non-hydrogen) atoms. The molecule has 192 valence electrons. The molecule has 4 aromatic rings. The van der Waals surface area contributed by atoms with E-state index in [-0.39, 0.29) is 5.41 Å². The molecule has 0 amide bonds. The van der Waals surface area contributed by atoms with E-state index in [1.165, 1.54) is 24.0 Å². The third-order valence-electron chi connectivity index (χ3n) is 7.48. The number of nitrogens with zero attached hydrogens (tertiary/aromatic N) is 7. The van der Waals surface area contributed by atoms with Gasteiger partial charge in [0.2, 0.25) is 5.82 Å². The zero-order valence-corrected chi connectivity index (χ0v) is 22.2. The van der Waals surface area contributed by atoms with E-state index in [1.807, 2.05) is 29.1 Å². The molecule has 2 fully saturated rings. The summed E-state index contributed by atoms with van der Waals surface area (Å²) in [7, 11) is 0. The molecule has 4 heterocycles. The normalized spacial score (nSPS) is 16.9. The predicted octanol–water partition coefficient (Wildman–Crippen LogP) is 4.93. The number of anilines is 1. The minimum atomic E-state index is 0.103. The second-order valence-electron chi connectivity index (χ2n) is 11.4. The lowest BCUT2D eigenvalue weighted by Gasteiger charge is -2.35. The molecule has 0 N–H and O–H groups in total. The third-order valence-corrected chi connectivity index (χ3v) is 7.48. The summed E-state index contributed by atoms with van der Waals surface area (Å²) < 4.78 is 7.58. The highest BCUT2D eigenvalue weighted by atomic mass is 16.5. The third kappa shape index (κ3) is 5.16. The first kappa shape index (κ1) is 23.9. The van der Waals surface area contributed by atoms with E-state index in [0.29, 0.717) is 24.0 Å². The summed E-state index contributed by atoms with van der Waals surface area (Å²) in [6.45, 7) is 13.7. The molecule has 0 spiro atoms. The van der Waals surface area contributed by atoms with Crippen LogP contribution in [0, 0.1) is 6.92 Å². The summed E-state index contributed by atoms with van der Waals surface area (Å²) in [6.07, 6.45) is 4.65. The molecule has 8 heteroatoms. The fourth-order valence-electron chi connectivity index (χ4n) is 5.00. The van der Waals surface area contributed by atoms with Crippen LogP contribution in [0.1, 0.15) is 50.4 Å². The highest BCUT2D eigenvalue weighted by Crippen LogP contribution is 2.29. The highest BCUT2D eigenvalue weighted by Gasteiger charge is 2.31. The van der Waals surface area contributed by atoms with Crippen LogP contribution in [0.15, 0.2) is 53.2 Å². The number of pyridine rings is 1.